The number of likely N-dealkylation sites (tertiary alicyclic amines) is 1. The van der Waals surface area contributed by atoms with E-state index in [1.165, 1.54) is 37.0 Å². The number of ether oxygens (including phenoxy) is 2. The van der Waals surface area contributed by atoms with E-state index >= 15 is 0 Å². The van der Waals surface area contributed by atoms with Gasteiger partial charge in [-0.1, -0.05) is 24.3 Å². The van der Waals surface area contributed by atoms with Gasteiger partial charge in [0.15, 0.2) is 11.5 Å². The van der Waals surface area contributed by atoms with Crippen LogP contribution in [0.2, 0.25) is 0 Å². The van der Waals surface area contributed by atoms with Gasteiger partial charge in [0.25, 0.3) is 0 Å². The van der Waals surface area contributed by atoms with E-state index in [4.69, 9.17) is 18.9 Å². The number of fused-ring (bicyclic) bond motifs is 2. The molecule has 1 aromatic heterocycles. The number of aromatic nitrogens is 1. The molecule has 2 heterocycles. The maximum absolute atomic E-state index is 13.6. The molecule has 2 aliphatic rings. The van der Waals surface area contributed by atoms with Gasteiger partial charge in [-0.15, -0.1) is 0 Å². The molecule has 1 saturated carbocycles. The summed E-state index contributed by atoms with van der Waals surface area (Å²) in [6.45, 7) is 4.48. The molecule has 0 radical (unpaired) electrons. The number of nitrogens with zero attached hydrogens (tertiary/aromatic N) is 2. The Bertz CT molecular complexity index is 1350. The summed E-state index contributed by atoms with van der Waals surface area (Å²) < 4.78 is 31.5. The van der Waals surface area contributed by atoms with Crippen molar-refractivity contribution < 1.29 is 18.3 Å². The van der Waals surface area contributed by atoms with Crippen LogP contribution in [-0.2, 0) is 13.0 Å². The molecule has 1 aliphatic heterocycles. The first kappa shape index (κ1) is 24.0. The molecular weight excluding hydrogens is 467 g/mol. The van der Waals surface area contributed by atoms with Crippen molar-refractivity contribution in [1.82, 2.24) is 9.88 Å². The number of benzene rings is 3. The Labute approximate surface area is 217 Å². The maximum atomic E-state index is 13.6. The minimum atomic E-state index is -0.258. The fraction of sp³-hybridized carbons (Fsp3) is 0.387. The first-order valence-corrected chi connectivity index (χ1v) is 13.3. The number of para-hydroxylation sites is 2. The van der Waals surface area contributed by atoms with Gasteiger partial charge in [0, 0.05) is 19.0 Å². The van der Waals surface area contributed by atoms with Gasteiger partial charge < -0.3 is 13.9 Å². The quantitative estimate of drug-likeness (QED) is 0.264. The van der Waals surface area contributed by atoms with Crippen LogP contribution in [0.4, 0.5) is 4.39 Å². The Morgan fingerprint density at radius 2 is 1.84 bits per heavy atom. The van der Waals surface area contributed by atoms with E-state index in [1.54, 1.807) is 19.2 Å². The molecule has 4 aromatic rings. The summed E-state index contributed by atoms with van der Waals surface area (Å²) in [6.07, 6.45) is 4.54. The molecule has 0 spiro atoms. The highest BCUT2D eigenvalue weighted by atomic mass is 19.1. The lowest BCUT2D eigenvalue weighted by Gasteiger charge is -2.25. The molecule has 0 N–H and O–H groups in total. The monoisotopic (exact) mass is 500 g/mol. The van der Waals surface area contributed by atoms with Crippen LogP contribution in [-0.4, -0.2) is 36.2 Å². The summed E-state index contributed by atoms with van der Waals surface area (Å²) in [4.78, 5) is 7.36. The zero-order chi connectivity index (χ0) is 25.4. The molecule has 2 fully saturated rings. The van der Waals surface area contributed by atoms with E-state index in [0.717, 1.165) is 59.1 Å². The molecule has 3 atom stereocenters. The molecule has 5 nitrogen and oxygen atoms in total. The third-order valence-corrected chi connectivity index (χ3v) is 8.09. The Morgan fingerprint density at radius 3 is 2.62 bits per heavy atom. The SMILES string of the molecule is CCOc1cc(CN2CC[C@H]3C(Cc4nc5ccccc5o4)CC[C@H]32)cc(OC)c1-c1ccc(F)cc1. The zero-order valence-corrected chi connectivity index (χ0v) is 21.5. The molecule has 3 aromatic carbocycles. The van der Waals surface area contributed by atoms with E-state index in [-0.39, 0.29) is 5.82 Å². The second-order valence-electron chi connectivity index (χ2n) is 10.2. The average Bonchev–Trinajstić information content (AvgIpc) is 3.61. The summed E-state index contributed by atoms with van der Waals surface area (Å²) in [7, 11) is 1.68. The predicted molar refractivity (Wildman–Crippen MR) is 142 cm³/mol. The number of methoxy groups -OCH3 is 1. The van der Waals surface area contributed by atoms with Gasteiger partial charge in [-0.25, -0.2) is 9.37 Å². The highest BCUT2D eigenvalue weighted by molar-refractivity contribution is 5.77. The van der Waals surface area contributed by atoms with Crippen LogP contribution in [0.25, 0.3) is 22.2 Å². The zero-order valence-electron chi connectivity index (χ0n) is 21.5. The van der Waals surface area contributed by atoms with Gasteiger partial charge >= 0.3 is 0 Å². The molecule has 0 amide bonds. The van der Waals surface area contributed by atoms with Crippen LogP contribution in [0.15, 0.2) is 65.1 Å². The van der Waals surface area contributed by atoms with Crippen LogP contribution in [0, 0.1) is 17.7 Å². The van der Waals surface area contributed by atoms with Crippen molar-refractivity contribution in [3.63, 3.8) is 0 Å². The number of oxazole rings is 1. The van der Waals surface area contributed by atoms with E-state index < -0.39 is 0 Å². The van der Waals surface area contributed by atoms with Gasteiger partial charge in [0.1, 0.15) is 22.8 Å². The molecule has 1 unspecified atom stereocenters. The lowest BCUT2D eigenvalue weighted by atomic mass is 9.90. The standard InChI is InChI=1S/C31H33FN2O3/c1-3-36-29-17-20(16-28(35-2)31(29)21-8-11-23(32)12-9-21)19-34-15-14-24-22(10-13-26(24)34)18-30-33-25-6-4-5-7-27(25)37-30/h4-9,11-12,16-17,22,24,26H,3,10,13-15,18-19H2,1-2H3/t22?,24-,26+/m0/s1. The van der Waals surface area contributed by atoms with Crippen LogP contribution >= 0.6 is 0 Å². The van der Waals surface area contributed by atoms with Gasteiger partial charge in [-0.2, -0.15) is 0 Å². The van der Waals surface area contributed by atoms with Gasteiger partial charge in [-0.05, 0) is 92.1 Å². The van der Waals surface area contributed by atoms with Crippen molar-refractivity contribution in [3.8, 4) is 22.6 Å². The van der Waals surface area contributed by atoms with Crippen LogP contribution in [0.3, 0.4) is 0 Å². The normalized spacial score (nSPS) is 21.4. The van der Waals surface area contributed by atoms with Crippen molar-refractivity contribution in [1.29, 1.82) is 0 Å². The molecule has 37 heavy (non-hydrogen) atoms. The van der Waals surface area contributed by atoms with Crippen LogP contribution in [0.5, 0.6) is 11.5 Å². The highest BCUT2D eigenvalue weighted by Gasteiger charge is 2.43. The summed E-state index contributed by atoms with van der Waals surface area (Å²) >= 11 is 0. The lowest BCUT2D eigenvalue weighted by molar-refractivity contribution is 0.225. The lowest BCUT2D eigenvalue weighted by Crippen LogP contribution is -2.30. The number of hydrogen-bond donors (Lipinski definition) is 0. The van der Waals surface area contributed by atoms with Gasteiger partial charge in [0.2, 0.25) is 0 Å². The fourth-order valence-corrected chi connectivity index (χ4v) is 6.47. The Morgan fingerprint density at radius 1 is 1.03 bits per heavy atom. The van der Waals surface area contributed by atoms with Gasteiger partial charge in [-0.3, -0.25) is 4.90 Å². The summed E-state index contributed by atoms with van der Waals surface area (Å²) in [5.74, 6) is 3.42. The van der Waals surface area contributed by atoms with Crippen molar-refractivity contribution in [3.05, 3.63) is 77.9 Å². The molecule has 6 rings (SSSR count). The maximum Gasteiger partial charge on any atom is 0.195 e. The van der Waals surface area contributed by atoms with E-state index in [0.29, 0.717) is 24.5 Å². The van der Waals surface area contributed by atoms with E-state index in [9.17, 15) is 4.39 Å². The second-order valence-corrected chi connectivity index (χ2v) is 10.2. The first-order chi connectivity index (χ1) is 18.1. The highest BCUT2D eigenvalue weighted by Crippen LogP contribution is 2.45. The molecule has 6 heteroatoms. The molecule has 0 bridgehead atoms. The predicted octanol–water partition coefficient (Wildman–Crippen LogP) is 6.88. The van der Waals surface area contributed by atoms with E-state index in [1.807, 2.05) is 31.2 Å². The van der Waals surface area contributed by atoms with Crippen LogP contribution < -0.4 is 9.47 Å². The summed E-state index contributed by atoms with van der Waals surface area (Å²) in [5, 5.41) is 0. The summed E-state index contributed by atoms with van der Waals surface area (Å²) in [5.41, 5.74) is 4.75. The minimum absolute atomic E-state index is 0.258. The first-order valence-electron chi connectivity index (χ1n) is 13.3. The Kier molecular flexibility index (Phi) is 6.59. The number of rotatable bonds is 8. The van der Waals surface area contributed by atoms with Crippen molar-refractivity contribution in [2.45, 2.75) is 45.2 Å². The Hall–Kier alpha value is -3.38. The third-order valence-electron chi connectivity index (χ3n) is 8.09. The molecule has 192 valence electrons. The minimum Gasteiger partial charge on any atom is -0.496 e. The fourth-order valence-electron chi connectivity index (χ4n) is 6.47. The Balaban J connectivity index is 1.20. The topological polar surface area (TPSA) is 47.7 Å². The number of halogens is 1. The summed E-state index contributed by atoms with van der Waals surface area (Å²) in [6, 6.07) is 19.3. The van der Waals surface area contributed by atoms with Crippen molar-refractivity contribution in [2.24, 2.45) is 11.8 Å². The smallest absolute Gasteiger partial charge is 0.195 e. The molecular formula is C31H33FN2O3. The largest absolute Gasteiger partial charge is 0.496 e. The van der Waals surface area contributed by atoms with Crippen LogP contribution in [0.1, 0.15) is 37.6 Å². The average molecular weight is 501 g/mol. The van der Waals surface area contributed by atoms with Crippen molar-refractivity contribution >= 4 is 11.1 Å². The molecule has 1 saturated heterocycles. The second kappa shape index (κ2) is 10.2. The third kappa shape index (κ3) is 4.71. The number of hydrogen-bond acceptors (Lipinski definition) is 5. The molecule has 1 aliphatic carbocycles. The van der Waals surface area contributed by atoms with E-state index in [2.05, 4.69) is 17.0 Å². The van der Waals surface area contributed by atoms with Crippen molar-refractivity contribution in [2.75, 3.05) is 20.3 Å². The van der Waals surface area contributed by atoms with Gasteiger partial charge in [0.05, 0.1) is 19.3 Å².